The average molecular weight is 252 g/mol. The molecule has 0 radical (unpaired) electrons. The van der Waals surface area contributed by atoms with E-state index in [9.17, 15) is 9.59 Å². The standard InChI is InChI=1S/C12H20N4O2/c1-15(2)8-10-13-11(17)16(12(18)14-10)9-6-4-3-5-7-9/h9H,3-8H2,1-2H3,(H,13,14,17,18). The van der Waals surface area contributed by atoms with E-state index < -0.39 is 5.69 Å². The molecule has 6 heteroatoms. The maximum Gasteiger partial charge on any atom is 0.353 e. The van der Waals surface area contributed by atoms with Crippen molar-refractivity contribution in [3.05, 3.63) is 26.8 Å². The van der Waals surface area contributed by atoms with Gasteiger partial charge in [-0.05, 0) is 26.9 Å². The van der Waals surface area contributed by atoms with Crippen LogP contribution in [0.15, 0.2) is 9.59 Å². The minimum absolute atomic E-state index is 0.0240. The molecule has 1 aliphatic rings. The number of aromatic amines is 1. The fourth-order valence-corrected chi connectivity index (χ4v) is 2.50. The predicted octanol–water partition coefficient (Wildman–Crippen LogP) is 0.498. The van der Waals surface area contributed by atoms with Gasteiger partial charge in [-0.2, -0.15) is 4.98 Å². The molecule has 0 saturated heterocycles. The maximum absolute atomic E-state index is 12.0. The molecular formula is C12H20N4O2. The van der Waals surface area contributed by atoms with Gasteiger partial charge in [0, 0.05) is 6.04 Å². The third kappa shape index (κ3) is 2.87. The minimum atomic E-state index is -0.414. The van der Waals surface area contributed by atoms with Crippen molar-refractivity contribution in [1.82, 2.24) is 19.4 Å². The number of H-pyrrole nitrogens is 1. The lowest BCUT2D eigenvalue weighted by atomic mass is 9.95. The molecule has 1 aromatic heterocycles. The fraction of sp³-hybridized carbons (Fsp3) is 0.750. The molecule has 6 nitrogen and oxygen atoms in total. The molecule has 1 aromatic rings. The van der Waals surface area contributed by atoms with Crippen molar-refractivity contribution < 1.29 is 0 Å². The highest BCUT2D eigenvalue weighted by Crippen LogP contribution is 2.25. The Hall–Kier alpha value is -1.43. The Labute approximate surface area is 106 Å². The van der Waals surface area contributed by atoms with Crippen LogP contribution in [-0.4, -0.2) is 33.5 Å². The second-order valence-electron chi connectivity index (χ2n) is 5.17. The Kier molecular flexibility index (Phi) is 3.96. The summed E-state index contributed by atoms with van der Waals surface area (Å²) in [6.45, 7) is 0.468. The van der Waals surface area contributed by atoms with Crippen LogP contribution in [0.25, 0.3) is 0 Å². The van der Waals surface area contributed by atoms with Crippen LogP contribution in [0.4, 0.5) is 0 Å². The first kappa shape index (κ1) is 13.0. The molecule has 1 fully saturated rings. The molecule has 1 aliphatic carbocycles. The van der Waals surface area contributed by atoms with Gasteiger partial charge in [0.05, 0.1) is 6.54 Å². The summed E-state index contributed by atoms with van der Waals surface area (Å²) in [5.41, 5.74) is -0.735. The van der Waals surface area contributed by atoms with Gasteiger partial charge in [-0.3, -0.25) is 4.98 Å². The molecule has 0 atom stereocenters. The molecule has 100 valence electrons. The van der Waals surface area contributed by atoms with Crippen molar-refractivity contribution >= 4 is 0 Å². The Bertz CT molecular complexity index is 480. The van der Waals surface area contributed by atoms with Crippen molar-refractivity contribution in [2.75, 3.05) is 14.1 Å². The van der Waals surface area contributed by atoms with Crippen LogP contribution in [0.2, 0.25) is 0 Å². The third-order valence-electron chi connectivity index (χ3n) is 3.31. The van der Waals surface area contributed by atoms with Gasteiger partial charge in [0.15, 0.2) is 0 Å². The van der Waals surface area contributed by atoms with E-state index in [0.29, 0.717) is 12.4 Å². The molecule has 0 unspecified atom stereocenters. The molecule has 0 aliphatic heterocycles. The highest BCUT2D eigenvalue weighted by atomic mass is 16.2. The summed E-state index contributed by atoms with van der Waals surface area (Å²) in [7, 11) is 3.74. The molecule has 1 saturated carbocycles. The molecule has 2 rings (SSSR count). The number of hydrogen-bond acceptors (Lipinski definition) is 4. The Morgan fingerprint density at radius 3 is 2.50 bits per heavy atom. The number of rotatable bonds is 3. The van der Waals surface area contributed by atoms with E-state index in [1.165, 1.54) is 11.0 Å². The zero-order chi connectivity index (χ0) is 13.1. The van der Waals surface area contributed by atoms with Crippen LogP contribution in [0, 0.1) is 0 Å². The van der Waals surface area contributed by atoms with Crippen molar-refractivity contribution in [2.45, 2.75) is 44.7 Å². The van der Waals surface area contributed by atoms with Crippen molar-refractivity contribution in [3.63, 3.8) is 0 Å². The zero-order valence-corrected chi connectivity index (χ0v) is 11.0. The monoisotopic (exact) mass is 252 g/mol. The third-order valence-corrected chi connectivity index (χ3v) is 3.31. The van der Waals surface area contributed by atoms with E-state index in [4.69, 9.17) is 0 Å². The lowest BCUT2D eigenvalue weighted by Gasteiger charge is -2.22. The molecule has 1 heterocycles. The van der Waals surface area contributed by atoms with Gasteiger partial charge in [-0.15, -0.1) is 0 Å². The molecule has 0 amide bonds. The summed E-state index contributed by atoms with van der Waals surface area (Å²) in [5, 5.41) is 0. The van der Waals surface area contributed by atoms with Gasteiger partial charge in [0.1, 0.15) is 5.82 Å². The first-order valence-electron chi connectivity index (χ1n) is 6.44. The summed E-state index contributed by atoms with van der Waals surface area (Å²) < 4.78 is 1.29. The highest BCUT2D eigenvalue weighted by molar-refractivity contribution is 4.86. The SMILES string of the molecule is CN(C)Cc1nc(=O)n(C2CCCCC2)c(=O)[nH]1. The summed E-state index contributed by atoms with van der Waals surface area (Å²) in [6, 6.07) is 0.0240. The van der Waals surface area contributed by atoms with Crippen LogP contribution >= 0.6 is 0 Å². The summed E-state index contributed by atoms with van der Waals surface area (Å²) in [5.74, 6) is 0.432. The topological polar surface area (TPSA) is 71.0 Å². The van der Waals surface area contributed by atoms with Gasteiger partial charge >= 0.3 is 11.4 Å². The molecule has 0 aromatic carbocycles. The maximum atomic E-state index is 12.0. The first-order valence-corrected chi connectivity index (χ1v) is 6.44. The lowest BCUT2D eigenvalue weighted by molar-refractivity contribution is 0.325. The van der Waals surface area contributed by atoms with E-state index in [1.807, 2.05) is 19.0 Å². The number of aromatic nitrogens is 3. The van der Waals surface area contributed by atoms with Gasteiger partial charge < -0.3 is 4.90 Å². The molecular weight excluding hydrogens is 232 g/mol. The predicted molar refractivity (Wildman–Crippen MR) is 68.6 cm³/mol. The summed E-state index contributed by atoms with van der Waals surface area (Å²) in [4.78, 5) is 32.5. The largest absolute Gasteiger partial charge is 0.353 e. The lowest BCUT2D eigenvalue weighted by Crippen LogP contribution is -2.41. The van der Waals surface area contributed by atoms with E-state index >= 15 is 0 Å². The van der Waals surface area contributed by atoms with Crippen LogP contribution in [0.1, 0.15) is 44.0 Å². The zero-order valence-electron chi connectivity index (χ0n) is 11.0. The van der Waals surface area contributed by atoms with Crippen LogP contribution in [0.5, 0.6) is 0 Å². The second-order valence-corrected chi connectivity index (χ2v) is 5.17. The van der Waals surface area contributed by atoms with E-state index in [0.717, 1.165) is 25.7 Å². The highest BCUT2D eigenvalue weighted by Gasteiger charge is 2.19. The first-order chi connectivity index (χ1) is 8.58. The van der Waals surface area contributed by atoms with Gasteiger partial charge in [-0.25, -0.2) is 14.2 Å². The quantitative estimate of drug-likeness (QED) is 0.850. The number of nitrogens with one attached hydrogen (secondary N) is 1. The Morgan fingerprint density at radius 2 is 1.94 bits per heavy atom. The van der Waals surface area contributed by atoms with Crippen molar-refractivity contribution in [1.29, 1.82) is 0 Å². The average Bonchev–Trinajstić information content (AvgIpc) is 2.28. The van der Waals surface area contributed by atoms with Crippen LogP contribution in [-0.2, 0) is 6.54 Å². The van der Waals surface area contributed by atoms with E-state index in [1.54, 1.807) is 0 Å². The Morgan fingerprint density at radius 1 is 1.28 bits per heavy atom. The molecule has 18 heavy (non-hydrogen) atoms. The van der Waals surface area contributed by atoms with E-state index in [-0.39, 0.29) is 11.7 Å². The summed E-state index contributed by atoms with van der Waals surface area (Å²) >= 11 is 0. The molecule has 1 N–H and O–H groups in total. The smallest absolute Gasteiger partial charge is 0.302 e. The van der Waals surface area contributed by atoms with Crippen molar-refractivity contribution in [3.8, 4) is 0 Å². The fourth-order valence-electron chi connectivity index (χ4n) is 2.50. The summed E-state index contributed by atoms with van der Waals surface area (Å²) in [6.07, 6.45) is 5.15. The minimum Gasteiger partial charge on any atom is -0.302 e. The number of hydrogen-bond donors (Lipinski definition) is 1. The van der Waals surface area contributed by atoms with Gasteiger partial charge in [0.25, 0.3) is 0 Å². The van der Waals surface area contributed by atoms with Crippen LogP contribution < -0.4 is 11.4 Å². The Balaban J connectivity index is 2.32. The normalized spacial score (nSPS) is 17.3. The van der Waals surface area contributed by atoms with Gasteiger partial charge in [-0.1, -0.05) is 19.3 Å². The van der Waals surface area contributed by atoms with Gasteiger partial charge in [0.2, 0.25) is 0 Å². The number of nitrogens with zero attached hydrogens (tertiary/aromatic N) is 3. The van der Waals surface area contributed by atoms with Crippen LogP contribution in [0.3, 0.4) is 0 Å². The van der Waals surface area contributed by atoms with Crippen molar-refractivity contribution in [2.24, 2.45) is 0 Å². The second kappa shape index (κ2) is 5.48. The molecule has 0 bridgehead atoms. The van der Waals surface area contributed by atoms with E-state index in [2.05, 4.69) is 9.97 Å². The molecule has 0 spiro atoms.